The summed E-state index contributed by atoms with van der Waals surface area (Å²) < 4.78 is 16.2. The molecule has 0 bridgehead atoms. The summed E-state index contributed by atoms with van der Waals surface area (Å²) in [4.78, 5) is 37.6. The second-order valence-electron chi connectivity index (χ2n) is 7.82. The molecule has 7 nitrogen and oxygen atoms in total. The zero-order chi connectivity index (χ0) is 23.3. The van der Waals surface area contributed by atoms with Crippen LogP contribution in [0.3, 0.4) is 0 Å². The van der Waals surface area contributed by atoms with E-state index < -0.39 is 23.5 Å². The van der Waals surface area contributed by atoms with Crippen molar-refractivity contribution >= 4 is 22.8 Å². The van der Waals surface area contributed by atoms with Gasteiger partial charge in [-0.1, -0.05) is 38.1 Å². The monoisotopic (exact) mass is 437 g/mol. The number of ether oxygens (including phenoxy) is 2. The average molecular weight is 437 g/mol. The number of benzene rings is 2. The summed E-state index contributed by atoms with van der Waals surface area (Å²) in [5, 5.41) is 3.44. The average Bonchev–Trinajstić information content (AvgIpc) is 2.75. The van der Waals surface area contributed by atoms with Gasteiger partial charge in [-0.2, -0.15) is 0 Å². The Morgan fingerprint density at radius 2 is 1.84 bits per heavy atom. The predicted octanol–water partition coefficient (Wildman–Crippen LogP) is 4.00. The Labute approximate surface area is 186 Å². The van der Waals surface area contributed by atoms with Gasteiger partial charge >= 0.3 is 11.6 Å². The second-order valence-corrected chi connectivity index (χ2v) is 7.82. The summed E-state index contributed by atoms with van der Waals surface area (Å²) in [5.74, 6) is -0.784. The number of nitrogens with one attached hydrogen (secondary N) is 1. The van der Waals surface area contributed by atoms with E-state index in [4.69, 9.17) is 13.9 Å². The van der Waals surface area contributed by atoms with Crippen molar-refractivity contribution in [1.82, 2.24) is 5.32 Å². The Kier molecular flexibility index (Phi) is 7.30. The molecule has 0 aliphatic heterocycles. The van der Waals surface area contributed by atoms with Gasteiger partial charge in [0.15, 0.2) is 0 Å². The number of esters is 1. The van der Waals surface area contributed by atoms with E-state index in [0.29, 0.717) is 34.5 Å². The number of aryl methyl sites for hydroxylation is 1. The van der Waals surface area contributed by atoms with Crippen molar-refractivity contribution < 1.29 is 23.5 Å². The van der Waals surface area contributed by atoms with Gasteiger partial charge in [-0.25, -0.2) is 9.59 Å². The second kappa shape index (κ2) is 10.1. The topological polar surface area (TPSA) is 94.8 Å². The molecule has 0 spiro atoms. The molecule has 0 saturated heterocycles. The molecular formula is C25H27NO6. The minimum atomic E-state index is -0.870. The first-order valence-corrected chi connectivity index (χ1v) is 10.5. The fourth-order valence-corrected chi connectivity index (χ4v) is 3.35. The minimum Gasteiger partial charge on any atom is -0.493 e. The molecule has 0 radical (unpaired) electrons. The van der Waals surface area contributed by atoms with E-state index >= 15 is 0 Å². The van der Waals surface area contributed by atoms with Crippen LogP contribution in [0.2, 0.25) is 0 Å². The zero-order valence-corrected chi connectivity index (χ0v) is 18.6. The number of carbonyl (C=O) groups excluding carboxylic acids is 2. The number of para-hydroxylation sites is 1. The normalized spacial score (nSPS) is 11.9. The molecule has 0 fully saturated rings. The van der Waals surface area contributed by atoms with E-state index in [1.54, 1.807) is 30.3 Å². The zero-order valence-electron chi connectivity index (χ0n) is 18.6. The van der Waals surface area contributed by atoms with Crippen LogP contribution in [0.15, 0.2) is 57.7 Å². The van der Waals surface area contributed by atoms with Crippen molar-refractivity contribution in [3.05, 3.63) is 75.6 Å². The van der Waals surface area contributed by atoms with E-state index in [9.17, 15) is 14.4 Å². The van der Waals surface area contributed by atoms with Crippen LogP contribution in [-0.2, 0) is 16.1 Å². The molecule has 2 aromatic carbocycles. The molecule has 3 rings (SSSR count). The lowest BCUT2D eigenvalue weighted by atomic mass is 10.0. The molecule has 1 heterocycles. The van der Waals surface area contributed by atoms with Gasteiger partial charge in [0, 0.05) is 17.0 Å². The van der Waals surface area contributed by atoms with Gasteiger partial charge in [-0.05, 0) is 43.5 Å². The molecule has 1 amide bonds. The third-order valence-corrected chi connectivity index (χ3v) is 4.99. The molecule has 7 heteroatoms. The highest BCUT2D eigenvalue weighted by Crippen LogP contribution is 2.21. The Hall–Kier alpha value is -3.61. The summed E-state index contributed by atoms with van der Waals surface area (Å²) in [5.41, 5.74) is 1.75. The van der Waals surface area contributed by atoms with E-state index in [2.05, 4.69) is 5.32 Å². The van der Waals surface area contributed by atoms with Crippen LogP contribution in [0, 0.1) is 12.8 Å². The molecule has 1 N–H and O–H groups in total. The van der Waals surface area contributed by atoms with Crippen LogP contribution < -0.4 is 15.7 Å². The molecular weight excluding hydrogens is 410 g/mol. The van der Waals surface area contributed by atoms with Crippen LogP contribution in [0.25, 0.3) is 11.0 Å². The van der Waals surface area contributed by atoms with E-state index in [1.807, 2.05) is 39.8 Å². The van der Waals surface area contributed by atoms with Crippen LogP contribution in [-0.4, -0.2) is 24.5 Å². The molecule has 0 aliphatic rings. The molecule has 168 valence electrons. The van der Waals surface area contributed by atoms with Gasteiger partial charge in [-0.3, -0.25) is 4.79 Å². The lowest BCUT2D eigenvalue weighted by Gasteiger charge is -2.21. The van der Waals surface area contributed by atoms with Crippen LogP contribution in [0.4, 0.5) is 0 Å². The molecule has 0 aliphatic carbocycles. The van der Waals surface area contributed by atoms with Gasteiger partial charge in [0.1, 0.15) is 24.0 Å². The molecule has 0 saturated carbocycles. The summed E-state index contributed by atoms with van der Waals surface area (Å²) in [7, 11) is 0. The van der Waals surface area contributed by atoms with Crippen LogP contribution in [0.1, 0.15) is 42.3 Å². The van der Waals surface area contributed by atoms with E-state index in [1.165, 1.54) is 6.07 Å². The van der Waals surface area contributed by atoms with Gasteiger partial charge in [0.05, 0.1) is 12.2 Å². The molecule has 0 unspecified atom stereocenters. The maximum absolute atomic E-state index is 12.8. The number of carbonyl (C=O) groups is 2. The van der Waals surface area contributed by atoms with Gasteiger partial charge in [0.25, 0.3) is 5.91 Å². The van der Waals surface area contributed by atoms with Crippen LogP contribution in [0.5, 0.6) is 5.75 Å². The van der Waals surface area contributed by atoms with E-state index in [-0.39, 0.29) is 12.5 Å². The number of fused-ring (bicyclic) bond motifs is 1. The van der Waals surface area contributed by atoms with Crippen molar-refractivity contribution in [2.75, 3.05) is 6.61 Å². The van der Waals surface area contributed by atoms with Crippen molar-refractivity contribution in [3.63, 3.8) is 0 Å². The Morgan fingerprint density at radius 1 is 1.09 bits per heavy atom. The number of rotatable bonds is 8. The number of hydrogen-bond acceptors (Lipinski definition) is 6. The SMILES string of the molecule is CCOc1ccccc1C(=O)N[C@@H](C(=O)OCc1cc(=O)oc2cc(C)ccc12)C(C)C. The van der Waals surface area contributed by atoms with Crippen molar-refractivity contribution in [1.29, 1.82) is 0 Å². The molecule has 32 heavy (non-hydrogen) atoms. The molecule has 1 aromatic heterocycles. The fraction of sp³-hybridized carbons (Fsp3) is 0.320. The lowest BCUT2D eigenvalue weighted by Crippen LogP contribution is -2.45. The summed E-state index contributed by atoms with van der Waals surface area (Å²) in [6, 6.07) is 12.8. The number of hydrogen-bond donors (Lipinski definition) is 1. The minimum absolute atomic E-state index is 0.112. The lowest BCUT2D eigenvalue weighted by molar-refractivity contribution is -0.148. The molecule has 3 aromatic rings. The Bertz CT molecular complexity index is 1180. The third kappa shape index (κ3) is 5.35. The highest BCUT2D eigenvalue weighted by Gasteiger charge is 2.27. The fourth-order valence-electron chi connectivity index (χ4n) is 3.35. The highest BCUT2D eigenvalue weighted by atomic mass is 16.5. The smallest absolute Gasteiger partial charge is 0.336 e. The van der Waals surface area contributed by atoms with Crippen molar-refractivity contribution in [2.45, 2.75) is 40.3 Å². The highest BCUT2D eigenvalue weighted by molar-refractivity contribution is 5.99. The Balaban J connectivity index is 1.76. The van der Waals surface area contributed by atoms with Crippen molar-refractivity contribution in [2.24, 2.45) is 5.92 Å². The largest absolute Gasteiger partial charge is 0.493 e. The first-order chi connectivity index (χ1) is 15.3. The standard InChI is InChI=1S/C25H27NO6/c1-5-30-20-9-7-6-8-19(20)24(28)26-23(15(2)3)25(29)31-14-17-13-22(27)32-21-12-16(4)10-11-18(17)21/h6-13,15,23H,5,14H2,1-4H3,(H,26,28)/t23-/m1/s1. The van der Waals surface area contributed by atoms with Gasteiger partial charge in [0.2, 0.25) is 0 Å². The van der Waals surface area contributed by atoms with E-state index in [0.717, 1.165) is 5.56 Å². The van der Waals surface area contributed by atoms with Crippen LogP contribution >= 0.6 is 0 Å². The first kappa shape index (κ1) is 23.1. The van der Waals surface area contributed by atoms with Crippen molar-refractivity contribution in [3.8, 4) is 5.75 Å². The predicted molar refractivity (Wildman–Crippen MR) is 121 cm³/mol. The Morgan fingerprint density at radius 3 is 2.56 bits per heavy atom. The summed E-state index contributed by atoms with van der Waals surface area (Å²) in [6.45, 7) is 7.66. The quantitative estimate of drug-likeness (QED) is 0.423. The molecule has 1 atom stereocenters. The first-order valence-electron chi connectivity index (χ1n) is 10.5. The maximum Gasteiger partial charge on any atom is 0.336 e. The number of amides is 1. The third-order valence-electron chi connectivity index (χ3n) is 4.99. The summed E-state index contributed by atoms with van der Waals surface area (Å²) in [6.07, 6.45) is 0. The summed E-state index contributed by atoms with van der Waals surface area (Å²) >= 11 is 0. The van der Waals surface area contributed by atoms with Gasteiger partial charge < -0.3 is 19.2 Å². The maximum atomic E-state index is 12.8. The van der Waals surface area contributed by atoms with Gasteiger partial charge in [-0.15, -0.1) is 0 Å².